The van der Waals surface area contributed by atoms with E-state index in [-0.39, 0.29) is 6.04 Å². The van der Waals surface area contributed by atoms with Gasteiger partial charge in [-0.15, -0.1) is 0 Å². The maximum absolute atomic E-state index is 8.68. The van der Waals surface area contributed by atoms with Crippen LogP contribution in [0.25, 0.3) is 0 Å². The molecule has 0 amide bonds. The molecule has 0 spiro atoms. The summed E-state index contributed by atoms with van der Waals surface area (Å²) in [4.78, 5) is 0. The monoisotopic (exact) mass is 149 g/mol. The number of hydrogen-bond acceptors (Lipinski definition) is 2. The predicted molar refractivity (Wildman–Crippen MR) is 41.9 cm³/mol. The van der Waals surface area contributed by atoms with Gasteiger partial charge in [-0.3, -0.25) is 4.68 Å². The Bertz CT molecular complexity index is 269. The van der Waals surface area contributed by atoms with Gasteiger partial charge in [0.15, 0.2) is 0 Å². The van der Waals surface area contributed by atoms with E-state index in [0.29, 0.717) is 0 Å². The van der Waals surface area contributed by atoms with Gasteiger partial charge in [-0.1, -0.05) is 6.92 Å². The first kappa shape index (κ1) is 7.80. The highest BCUT2D eigenvalue weighted by atomic mass is 15.3. The van der Waals surface area contributed by atoms with E-state index in [1.165, 1.54) is 0 Å². The van der Waals surface area contributed by atoms with Gasteiger partial charge >= 0.3 is 0 Å². The quantitative estimate of drug-likeness (QED) is 0.641. The van der Waals surface area contributed by atoms with E-state index in [1.807, 2.05) is 26.1 Å². The minimum Gasteiger partial charge on any atom is -0.255 e. The highest BCUT2D eigenvalue weighted by Crippen LogP contribution is 2.08. The van der Waals surface area contributed by atoms with Crippen molar-refractivity contribution in [2.75, 3.05) is 0 Å². The Hall–Kier alpha value is -1.30. The second-order valence-corrected chi connectivity index (χ2v) is 2.49. The molecular weight excluding hydrogens is 138 g/mol. The number of nitriles is 1. The predicted octanol–water partition coefficient (Wildman–Crippen LogP) is 1.67. The Balaban J connectivity index is 2.84. The fraction of sp³-hybridized carbons (Fsp3) is 0.500. The summed E-state index contributed by atoms with van der Waals surface area (Å²) in [6.07, 6.45) is 2.64. The number of aryl methyl sites for hydroxylation is 1. The Labute approximate surface area is 66.3 Å². The highest BCUT2D eigenvalue weighted by Gasteiger charge is 2.06. The molecule has 58 valence electrons. The number of nitrogens with zero attached hydrogens (tertiary/aromatic N) is 3. The third-order valence-corrected chi connectivity index (χ3v) is 1.60. The van der Waals surface area contributed by atoms with Crippen molar-refractivity contribution < 1.29 is 0 Å². The Kier molecular flexibility index (Phi) is 2.27. The third-order valence-electron chi connectivity index (χ3n) is 1.60. The van der Waals surface area contributed by atoms with Crippen LogP contribution >= 0.6 is 0 Å². The van der Waals surface area contributed by atoms with Crippen molar-refractivity contribution in [3.05, 3.63) is 18.0 Å². The van der Waals surface area contributed by atoms with E-state index >= 15 is 0 Å². The summed E-state index contributed by atoms with van der Waals surface area (Å²) >= 11 is 0. The molecule has 0 aliphatic heterocycles. The lowest BCUT2D eigenvalue weighted by Crippen LogP contribution is -2.05. The van der Waals surface area contributed by atoms with Crippen molar-refractivity contribution in [1.29, 1.82) is 5.26 Å². The standard InChI is InChI=1S/C8H11N3/c1-3-8(6-9)11-5-4-7(2)10-11/h4-5,8H,3H2,1-2H3. The van der Waals surface area contributed by atoms with Crippen molar-refractivity contribution in [3.63, 3.8) is 0 Å². The van der Waals surface area contributed by atoms with Gasteiger partial charge in [0.2, 0.25) is 0 Å². The summed E-state index contributed by atoms with van der Waals surface area (Å²) in [7, 11) is 0. The Morgan fingerprint density at radius 1 is 1.82 bits per heavy atom. The lowest BCUT2D eigenvalue weighted by molar-refractivity contribution is 0.531. The number of rotatable bonds is 2. The molecule has 0 N–H and O–H groups in total. The van der Waals surface area contributed by atoms with Crippen LogP contribution < -0.4 is 0 Å². The minimum atomic E-state index is -0.108. The first-order chi connectivity index (χ1) is 5.27. The van der Waals surface area contributed by atoms with Crippen molar-refractivity contribution in [2.45, 2.75) is 26.3 Å². The van der Waals surface area contributed by atoms with E-state index in [9.17, 15) is 0 Å². The van der Waals surface area contributed by atoms with Gasteiger partial charge in [-0.25, -0.2) is 0 Å². The summed E-state index contributed by atoms with van der Waals surface area (Å²) < 4.78 is 1.70. The normalized spacial score (nSPS) is 12.5. The minimum absolute atomic E-state index is 0.108. The Morgan fingerprint density at radius 2 is 2.55 bits per heavy atom. The second-order valence-electron chi connectivity index (χ2n) is 2.49. The van der Waals surface area contributed by atoms with E-state index in [2.05, 4.69) is 11.2 Å². The molecule has 1 aromatic rings. The molecule has 0 bridgehead atoms. The molecule has 1 unspecified atom stereocenters. The van der Waals surface area contributed by atoms with Gasteiger partial charge < -0.3 is 0 Å². The molecule has 1 aromatic heterocycles. The first-order valence-electron chi connectivity index (χ1n) is 3.69. The molecule has 0 aliphatic rings. The molecule has 1 rings (SSSR count). The number of hydrogen-bond donors (Lipinski definition) is 0. The SMILES string of the molecule is CCC(C#N)n1ccc(C)n1. The maximum atomic E-state index is 8.68. The van der Waals surface area contributed by atoms with Crippen LogP contribution in [0.3, 0.4) is 0 Å². The first-order valence-corrected chi connectivity index (χ1v) is 3.69. The highest BCUT2D eigenvalue weighted by molar-refractivity contribution is 4.99. The van der Waals surface area contributed by atoms with Gasteiger partial charge in [0.05, 0.1) is 11.8 Å². The molecule has 0 aromatic carbocycles. The summed E-state index contributed by atoms with van der Waals surface area (Å²) in [5, 5.41) is 12.8. The van der Waals surface area contributed by atoms with Crippen LogP contribution in [0, 0.1) is 18.3 Å². The zero-order valence-corrected chi connectivity index (χ0v) is 6.78. The van der Waals surface area contributed by atoms with Crippen LogP contribution in [-0.2, 0) is 0 Å². The summed E-state index contributed by atoms with van der Waals surface area (Å²) in [5.74, 6) is 0. The molecule has 0 saturated heterocycles. The van der Waals surface area contributed by atoms with Gasteiger partial charge in [0, 0.05) is 6.20 Å². The summed E-state index contributed by atoms with van der Waals surface area (Å²) in [6, 6.07) is 3.98. The smallest absolute Gasteiger partial charge is 0.138 e. The van der Waals surface area contributed by atoms with Gasteiger partial charge in [-0.2, -0.15) is 10.4 Å². The van der Waals surface area contributed by atoms with Crippen LogP contribution in [0.4, 0.5) is 0 Å². The fourth-order valence-electron chi connectivity index (χ4n) is 0.944. The molecule has 3 heteroatoms. The number of aromatic nitrogens is 2. The van der Waals surface area contributed by atoms with Crippen LogP contribution in [0.2, 0.25) is 0 Å². The van der Waals surface area contributed by atoms with Crippen molar-refractivity contribution in [2.24, 2.45) is 0 Å². The molecule has 11 heavy (non-hydrogen) atoms. The van der Waals surface area contributed by atoms with E-state index < -0.39 is 0 Å². The lowest BCUT2D eigenvalue weighted by Gasteiger charge is -2.04. The summed E-state index contributed by atoms with van der Waals surface area (Å²) in [5.41, 5.74) is 0.957. The zero-order valence-electron chi connectivity index (χ0n) is 6.78. The molecule has 3 nitrogen and oxygen atoms in total. The average molecular weight is 149 g/mol. The average Bonchev–Trinajstić information content (AvgIpc) is 2.39. The zero-order chi connectivity index (χ0) is 8.27. The van der Waals surface area contributed by atoms with E-state index in [4.69, 9.17) is 5.26 Å². The topological polar surface area (TPSA) is 41.6 Å². The van der Waals surface area contributed by atoms with Crippen LogP contribution in [0.15, 0.2) is 12.3 Å². The molecule has 0 aliphatic carbocycles. The van der Waals surface area contributed by atoms with Gasteiger partial charge in [0.1, 0.15) is 6.04 Å². The molecule has 1 heterocycles. The van der Waals surface area contributed by atoms with E-state index in [1.54, 1.807) is 4.68 Å². The molecule has 0 fully saturated rings. The molecule has 0 radical (unpaired) electrons. The van der Waals surface area contributed by atoms with Crippen LogP contribution in [0.5, 0.6) is 0 Å². The maximum Gasteiger partial charge on any atom is 0.138 e. The van der Waals surface area contributed by atoms with Crippen molar-refractivity contribution in [3.8, 4) is 6.07 Å². The largest absolute Gasteiger partial charge is 0.255 e. The van der Waals surface area contributed by atoms with Crippen molar-refractivity contribution >= 4 is 0 Å². The van der Waals surface area contributed by atoms with Gasteiger partial charge in [0.25, 0.3) is 0 Å². The second kappa shape index (κ2) is 3.20. The fourth-order valence-corrected chi connectivity index (χ4v) is 0.944. The van der Waals surface area contributed by atoms with Crippen molar-refractivity contribution in [1.82, 2.24) is 9.78 Å². The van der Waals surface area contributed by atoms with Crippen LogP contribution in [0.1, 0.15) is 25.1 Å². The molecule has 1 atom stereocenters. The Morgan fingerprint density at radius 3 is 2.91 bits per heavy atom. The molecule has 0 saturated carbocycles. The third kappa shape index (κ3) is 1.58. The lowest BCUT2D eigenvalue weighted by atomic mass is 10.3. The summed E-state index contributed by atoms with van der Waals surface area (Å²) in [6.45, 7) is 3.89. The van der Waals surface area contributed by atoms with Gasteiger partial charge in [-0.05, 0) is 19.4 Å². The molecular formula is C8H11N3. The van der Waals surface area contributed by atoms with Crippen LogP contribution in [-0.4, -0.2) is 9.78 Å². The van der Waals surface area contributed by atoms with E-state index in [0.717, 1.165) is 12.1 Å².